The Kier molecular flexibility index (Phi) is 4.52. The van der Waals surface area contributed by atoms with Gasteiger partial charge in [-0.25, -0.2) is 0 Å². The topological polar surface area (TPSA) is 0 Å². The fourth-order valence-corrected chi connectivity index (χ4v) is 0.572. The van der Waals surface area contributed by atoms with Crippen molar-refractivity contribution in [1.82, 2.24) is 0 Å². The summed E-state index contributed by atoms with van der Waals surface area (Å²) in [5.41, 5.74) is 0. The molecule has 0 aromatic rings. The lowest BCUT2D eigenvalue weighted by molar-refractivity contribution is 0.956. The van der Waals surface area contributed by atoms with Gasteiger partial charge in [0.1, 0.15) is 0 Å². The molecule has 0 radical (unpaired) electrons. The molecule has 1 heteroatoms. The van der Waals surface area contributed by atoms with Crippen LogP contribution in [0.3, 0.4) is 0 Å². The average molecular weight is 163 g/mol. The first-order valence-corrected chi connectivity index (χ1v) is 3.39. The maximum absolute atomic E-state index is 3.34. The molecule has 0 aromatic carbocycles. The molecular weight excluding hydrogens is 152 g/mol. The molecule has 0 saturated heterocycles. The molecule has 0 nitrogen and oxygen atoms in total. The van der Waals surface area contributed by atoms with Crippen LogP contribution in [-0.2, 0) is 0 Å². The number of hydrogen-bond donors (Lipinski definition) is 0. The van der Waals surface area contributed by atoms with E-state index in [1.165, 1.54) is 17.3 Å². The fourth-order valence-electron chi connectivity index (χ4n) is 0.343. The maximum Gasteiger partial charge on any atom is -0.0120 e. The van der Waals surface area contributed by atoms with Gasteiger partial charge in [0.25, 0.3) is 0 Å². The van der Waals surface area contributed by atoms with Gasteiger partial charge in [0, 0.05) is 0 Å². The molecule has 0 rings (SSSR count). The highest BCUT2D eigenvalue weighted by atomic mass is 79.9. The molecular formula is C6H11Br. The number of rotatable bonds is 2. The summed E-state index contributed by atoms with van der Waals surface area (Å²) in [6.45, 7) is 4.22. The van der Waals surface area contributed by atoms with Gasteiger partial charge in [-0.3, -0.25) is 0 Å². The molecule has 7 heavy (non-hydrogen) atoms. The Morgan fingerprint density at radius 2 is 2.29 bits per heavy atom. The smallest absolute Gasteiger partial charge is 0.0120 e. The van der Waals surface area contributed by atoms with Crippen molar-refractivity contribution < 1.29 is 0 Å². The molecule has 0 amide bonds. The van der Waals surface area contributed by atoms with Crippen molar-refractivity contribution in [2.75, 3.05) is 0 Å². The van der Waals surface area contributed by atoms with E-state index in [-0.39, 0.29) is 0 Å². The van der Waals surface area contributed by atoms with Crippen LogP contribution in [0.4, 0.5) is 0 Å². The van der Waals surface area contributed by atoms with Gasteiger partial charge < -0.3 is 0 Å². The SMILES string of the molecule is CCC/C=C(/C)Br. The monoisotopic (exact) mass is 162 g/mol. The van der Waals surface area contributed by atoms with Crippen LogP contribution in [0.1, 0.15) is 26.7 Å². The van der Waals surface area contributed by atoms with Gasteiger partial charge in [0.05, 0.1) is 0 Å². The molecule has 0 bridgehead atoms. The summed E-state index contributed by atoms with van der Waals surface area (Å²) in [5, 5.41) is 0. The van der Waals surface area contributed by atoms with E-state index >= 15 is 0 Å². The summed E-state index contributed by atoms with van der Waals surface area (Å²) in [5.74, 6) is 0. The van der Waals surface area contributed by atoms with Crippen molar-refractivity contribution in [2.45, 2.75) is 26.7 Å². The molecule has 0 N–H and O–H groups in total. The van der Waals surface area contributed by atoms with Crippen LogP contribution in [0.25, 0.3) is 0 Å². The molecule has 0 heterocycles. The summed E-state index contributed by atoms with van der Waals surface area (Å²) < 4.78 is 1.24. The minimum Gasteiger partial charge on any atom is -0.0747 e. The van der Waals surface area contributed by atoms with Crippen LogP contribution < -0.4 is 0 Å². The molecule has 0 saturated carbocycles. The van der Waals surface area contributed by atoms with E-state index in [9.17, 15) is 0 Å². The zero-order valence-electron chi connectivity index (χ0n) is 4.87. The number of halogens is 1. The molecule has 0 aliphatic heterocycles. The molecule has 0 fully saturated rings. The molecule has 0 unspecified atom stereocenters. The summed E-state index contributed by atoms with van der Waals surface area (Å²) in [6.07, 6.45) is 4.61. The zero-order chi connectivity index (χ0) is 5.70. The van der Waals surface area contributed by atoms with E-state index in [1.807, 2.05) is 0 Å². The Bertz CT molecular complexity index is 60.6. The van der Waals surface area contributed by atoms with Crippen LogP contribution >= 0.6 is 15.9 Å². The van der Waals surface area contributed by atoms with Gasteiger partial charge in [-0.15, -0.1) is 0 Å². The van der Waals surface area contributed by atoms with E-state index in [2.05, 4.69) is 35.9 Å². The molecule has 0 aliphatic carbocycles. The third-order valence-electron chi connectivity index (χ3n) is 0.714. The standard InChI is InChI=1S/C6H11Br/c1-3-4-5-6(2)7/h5H,3-4H2,1-2H3/b6-5-. The van der Waals surface area contributed by atoms with Crippen molar-refractivity contribution in [3.8, 4) is 0 Å². The van der Waals surface area contributed by atoms with E-state index < -0.39 is 0 Å². The highest BCUT2D eigenvalue weighted by Gasteiger charge is 1.75. The molecule has 0 aromatic heterocycles. The summed E-state index contributed by atoms with van der Waals surface area (Å²) >= 11 is 3.34. The third-order valence-corrected chi connectivity index (χ3v) is 1.04. The zero-order valence-corrected chi connectivity index (χ0v) is 6.46. The van der Waals surface area contributed by atoms with Crippen LogP contribution in [0.15, 0.2) is 10.6 Å². The van der Waals surface area contributed by atoms with Gasteiger partial charge in [0.15, 0.2) is 0 Å². The Hall–Kier alpha value is 0.220. The number of allylic oxidation sites excluding steroid dienone is 2. The van der Waals surface area contributed by atoms with Gasteiger partial charge in [-0.1, -0.05) is 35.4 Å². The quantitative estimate of drug-likeness (QED) is 0.586. The first-order valence-electron chi connectivity index (χ1n) is 2.59. The highest BCUT2D eigenvalue weighted by molar-refractivity contribution is 9.11. The van der Waals surface area contributed by atoms with Gasteiger partial charge in [0.2, 0.25) is 0 Å². The van der Waals surface area contributed by atoms with Crippen molar-refractivity contribution in [3.63, 3.8) is 0 Å². The van der Waals surface area contributed by atoms with E-state index in [0.29, 0.717) is 0 Å². The van der Waals surface area contributed by atoms with Crippen LogP contribution in [0.2, 0.25) is 0 Å². The van der Waals surface area contributed by atoms with Crippen LogP contribution in [0, 0.1) is 0 Å². The normalized spacial score (nSPS) is 12.1. The van der Waals surface area contributed by atoms with Gasteiger partial charge >= 0.3 is 0 Å². The Morgan fingerprint density at radius 1 is 1.71 bits per heavy atom. The van der Waals surface area contributed by atoms with E-state index in [1.54, 1.807) is 0 Å². The predicted molar refractivity (Wildman–Crippen MR) is 37.6 cm³/mol. The van der Waals surface area contributed by atoms with Crippen LogP contribution in [-0.4, -0.2) is 0 Å². The molecule has 0 aliphatic rings. The third kappa shape index (κ3) is 6.22. The highest BCUT2D eigenvalue weighted by Crippen LogP contribution is 2.03. The van der Waals surface area contributed by atoms with Crippen molar-refractivity contribution in [1.29, 1.82) is 0 Å². The van der Waals surface area contributed by atoms with E-state index in [4.69, 9.17) is 0 Å². The first kappa shape index (κ1) is 7.22. The summed E-state index contributed by atoms with van der Waals surface area (Å²) in [4.78, 5) is 0. The second-order valence-electron chi connectivity index (χ2n) is 1.58. The van der Waals surface area contributed by atoms with Gasteiger partial charge in [-0.2, -0.15) is 0 Å². The largest absolute Gasteiger partial charge is 0.0747 e. The average Bonchev–Trinajstić information content (AvgIpc) is 1.61. The van der Waals surface area contributed by atoms with Crippen LogP contribution in [0.5, 0.6) is 0 Å². The Balaban J connectivity index is 3.08. The maximum atomic E-state index is 3.34. The lowest BCUT2D eigenvalue weighted by Gasteiger charge is -1.83. The van der Waals surface area contributed by atoms with E-state index in [0.717, 1.165) is 0 Å². The number of hydrogen-bond acceptors (Lipinski definition) is 0. The second-order valence-corrected chi connectivity index (χ2v) is 2.83. The first-order chi connectivity index (χ1) is 3.27. The lowest BCUT2D eigenvalue weighted by atomic mass is 10.3. The second kappa shape index (κ2) is 4.38. The van der Waals surface area contributed by atoms with Gasteiger partial charge in [-0.05, 0) is 17.8 Å². The van der Waals surface area contributed by atoms with Crippen molar-refractivity contribution in [2.24, 2.45) is 0 Å². The fraction of sp³-hybridized carbons (Fsp3) is 0.667. The Labute approximate surface area is 53.7 Å². The van der Waals surface area contributed by atoms with Crippen molar-refractivity contribution >= 4 is 15.9 Å². The molecule has 0 atom stereocenters. The number of unbranched alkanes of at least 4 members (excludes halogenated alkanes) is 1. The lowest BCUT2D eigenvalue weighted by Crippen LogP contribution is -1.60. The molecule has 0 spiro atoms. The summed E-state index contributed by atoms with van der Waals surface area (Å²) in [6, 6.07) is 0. The predicted octanol–water partition coefficient (Wildman–Crippen LogP) is 3.09. The molecule has 42 valence electrons. The Morgan fingerprint density at radius 3 is 2.43 bits per heavy atom. The summed E-state index contributed by atoms with van der Waals surface area (Å²) in [7, 11) is 0. The van der Waals surface area contributed by atoms with Crippen molar-refractivity contribution in [3.05, 3.63) is 10.6 Å². The minimum absolute atomic E-state index is 1.19. The minimum atomic E-state index is 1.19.